The number of benzene rings is 4. The van der Waals surface area contributed by atoms with Crippen LogP contribution < -0.4 is 18.9 Å². The molecular formula is C50H54N4O14. The van der Waals surface area contributed by atoms with Crippen molar-refractivity contribution in [3.05, 3.63) is 146 Å². The fourth-order valence-electron chi connectivity index (χ4n) is 10.1. The van der Waals surface area contributed by atoms with E-state index in [1.54, 1.807) is 53.4 Å². The lowest BCUT2D eigenvalue weighted by Gasteiger charge is -2.59. The number of oxime groups is 1. The number of hydrogen-bond donors (Lipinski definition) is 2. The molecule has 0 spiro atoms. The van der Waals surface area contributed by atoms with E-state index >= 15 is 0 Å². The van der Waals surface area contributed by atoms with Gasteiger partial charge in [-0.2, -0.15) is 0 Å². The first-order valence-electron chi connectivity index (χ1n) is 22.7. The van der Waals surface area contributed by atoms with Crippen LogP contribution in [-0.4, -0.2) is 82.3 Å². The number of nitro groups is 2. The fourth-order valence-corrected chi connectivity index (χ4v) is 10.1. The van der Waals surface area contributed by atoms with Crippen LogP contribution >= 0.6 is 0 Å². The van der Waals surface area contributed by atoms with Crippen molar-refractivity contribution in [2.75, 3.05) is 33.7 Å². The number of non-ortho nitro benzene ring substituents is 2. The van der Waals surface area contributed by atoms with Crippen LogP contribution in [-0.2, 0) is 27.5 Å². The molecule has 6 atom stereocenters. The van der Waals surface area contributed by atoms with Crippen molar-refractivity contribution in [3.63, 3.8) is 0 Å². The summed E-state index contributed by atoms with van der Waals surface area (Å²) in [6, 6.07) is 21.8. The predicted octanol–water partition coefficient (Wildman–Crippen LogP) is 9.13. The molecule has 0 saturated heterocycles. The summed E-state index contributed by atoms with van der Waals surface area (Å²) in [5, 5.41) is 47.9. The van der Waals surface area contributed by atoms with E-state index in [0.717, 1.165) is 11.1 Å². The largest absolute Gasteiger partial charge is 0.459 e. The Morgan fingerprint density at radius 3 is 2.34 bits per heavy atom. The molecule has 18 nitrogen and oxygen atoms in total. The van der Waals surface area contributed by atoms with Crippen LogP contribution in [0.15, 0.2) is 114 Å². The molecule has 2 N–H and O–H groups in total. The number of fused-ring (bicyclic) bond motifs is 3. The predicted molar refractivity (Wildman–Crippen MR) is 247 cm³/mol. The van der Waals surface area contributed by atoms with Crippen LogP contribution in [0, 0.1) is 38.0 Å². The maximum atomic E-state index is 14.4. The molecule has 4 aromatic carbocycles. The minimum absolute atomic E-state index is 0.00327. The molecule has 0 radical (unpaired) electrons. The van der Waals surface area contributed by atoms with Crippen molar-refractivity contribution in [3.8, 4) is 28.7 Å². The minimum Gasteiger partial charge on any atom is -0.459 e. The van der Waals surface area contributed by atoms with Gasteiger partial charge in [-0.3, -0.25) is 25.1 Å². The second-order valence-corrected chi connectivity index (χ2v) is 17.1. The number of rotatable bonds is 21. The molecule has 68 heavy (non-hydrogen) atoms. The molecule has 0 unspecified atom stereocenters. The molecule has 358 valence electrons. The number of allylic oxidation sites excluding steroid dienone is 1. The van der Waals surface area contributed by atoms with Crippen LogP contribution in [0.2, 0.25) is 0 Å². The second kappa shape index (κ2) is 21.3. The van der Waals surface area contributed by atoms with Gasteiger partial charge < -0.3 is 43.5 Å². The maximum absolute atomic E-state index is 14.4. The number of unbranched alkanes of at least 4 members (excludes halogenated alkanes) is 2. The first-order valence-corrected chi connectivity index (χ1v) is 22.7. The van der Waals surface area contributed by atoms with E-state index in [2.05, 4.69) is 12.7 Å². The van der Waals surface area contributed by atoms with Gasteiger partial charge >= 0.3 is 6.09 Å². The maximum Gasteiger partial charge on any atom is 0.410 e. The summed E-state index contributed by atoms with van der Waals surface area (Å²) in [6.45, 7) is 4.10. The Bertz CT molecular complexity index is 2550. The lowest BCUT2D eigenvalue weighted by atomic mass is 9.55. The third-order valence-corrected chi connectivity index (χ3v) is 13.0. The van der Waals surface area contributed by atoms with E-state index in [0.29, 0.717) is 78.4 Å². The van der Waals surface area contributed by atoms with Gasteiger partial charge in [-0.05, 0) is 103 Å². The van der Waals surface area contributed by atoms with Gasteiger partial charge in [0.15, 0.2) is 11.5 Å². The summed E-state index contributed by atoms with van der Waals surface area (Å²) in [5.74, 6) is -0.672. The first kappa shape index (κ1) is 47.5. The highest BCUT2D eigenvalue weighted by molar-refractivity contribution is 6.03. The first-order chi connectivity index (χ1) is 33.1. The van der Waals surface area contributed by atoms with Crippen LogP contribution in [0.3, 0.4) is 0 Å². The zero-order valence-corrected chi connectivity index (χ0v) is 37.6. The van der Waals surface area contributed by atoms with Crippen molar-refractivity contribution < 1.29 is 58.1 Å². The van der Waals surface area contributed by atoms with E-state index in [1.165, 1.54) is 31.4 Å². The summed E-state index contributed by atoms with van der Waals surface area (Å²) in [5.41, 5.74) is 3.22. The fraction of sp³-hybridized carbons (Fsp3) is 0.400. The second-order valence-electron chi connectivity index (χ2n) is 17.1. The molecule has 2 aliphatic heterocycles. The number of nitro benzene ring substituents is 2. The van der Waals surface area contributed by atoms with Gasteiger partial charge in [0, 0.05) is 55.9 Å². The van der Waals surface area contributed by atoms with Crippen LogP contribution in [0.5, 0.6) is 28.7 Å². The molecule has 1 fully saturated rings. The number of aliphatic hydroxyl groups is 2. The highest BCUT2D eigenvalue weighted by Gasteiger charge is 2.65. The topological polar surface area (TPSA) is 224 Å². The third kappa shape index (κ3) is 9.98. The summed E-state index contributed by atoms with van der Waals surface area (Å²) in [4.78, 5) is 44.3. The Morgan fingerprint density at radius 1 is 0.882 bits per heavy atom. The number of carbonyl (C=O) groups is 1. The molecule has 8 rings (SSSR count). The molecule has 1 amide bonds. The van der Waals surface area contributed by atoms with Crippen LogP contribution in [0.1, 0.15) is 67.6 Å². The molecule has 2 aliphatic carbocycles. The van der Waals surface area contributed by atoms with Gasteiger partial charge in [-0.15, -0.1) is 6.58 Å². The van der Waals surface area contributed by atoms with Crippen molar-refractivity contribution in [2.45, 2.75) is 75.8 Å². The summed E-state index contributed by atoms with van der Waals surface area (Å²) < 4.78 is 37.5. The minimum atomic E-state index is -1.62. The number of ether oxygens (including phenoxy) is 6. The number of nitrogens with zero attached hydrogens (tertiary/aromatic N) is 4. The van der Waals surface area contributed by atoms with Gasteiger partial charge in [0.25, 0.3) is 11.4 Å². The van der Waals surface area contributed by atoms with E-state index in [4.69, 9.17) is 38.4 Å². The van der Waals surface area contributed by atoms with E-state index in [-0.39, 0.29) is 75.1 Å². The van der Waals surface area contributed by atoms with E-state index in [1.807, 2.05) is 18.2 Å². The molecular weight excluding hydrogens is 881 g/mol. The Hall–Kier alpha value is -7.02. The number of aliphatic hydroxyl groups excluding tert-OH is 2. The van der Waals surface area contributed by atoms with Gasteiger partial charge in [0.1, 0.15) is 29.9 Å². The van der Waals surface area contributed by atoms with Crippen molar-refractivity contribution in [2.24, 2.45) is 22.9 Å². The van der Waals surface area contributed by atoms with Gasteiger partial charge in [0.2, 0.25) is 12.6 Å². The summed E-state index contributed by atoms with van der Waals surface area (Å²) in [6.07, 6.45) is 7.14. The zero-order chi connectivity index (χ0) is 47.8. The van der Waals surface area contributed by atoms with Gasteiger partial charge in [0.05, 0.1) is 41.3 Å². The van der Waals surface area contributed by atoms with Crippen molar-refractivity contribution in [1.29, 1.82) is 0 Å². The average molecular weight is 935 g/mol. The molecule has 2 heterocycles. The SMILES string of the molecule is C=CCO[C@@]12Oc3ccc(Oc4cccc([N+](=O)[O-])c4)cc3[C@H]3[C@H](CCCCO)[C@@H](CCCCO)C=C(C(=NOCc4ccc([N+](=O)[O-])cc4)C[C@@H]1N(Cc1ccc4c(c1)OCO4)C(=O)OC)[C@H]32. The summed E-state index contributed by atoms with van der Waals surface area (Å²) in [7, 11) is 1.31. The lowest BCUT2D eigenvalue weighted by Crippen LogP contribution is -2.70. The Labute approximate surface area is 392 Å². The van der Waals surface area contributed by atoms with Crippen molar-refractivity contribution >= 4 is 23.2 Å². The molecule has 4 aliphatic rings. The van der Waals surface area contributed by atoms with Gasteiger partial charge in [-0.25, -0.2) is 4.79 Å². The Kier molecular flexibility index (Phi) is 14.9. The van der Waals surface area contributed by atoms with Crippen LogP contribution in [0.25, 0.3) is 0 Å². The quantitative estimate of drug-likeness (QED) is 0.0344. The highest BCUT2D eigenvalue weighted by atomic mass is 16.7. The summed E-state index contributed by atoms with van der Waals surface area (Å²) >= 11 is 0. The molecule has 0 aromatic heterocycles. The lowest BCUT2D eigenvalue weighted by molar-refractivity contribution is -0.385. The van der Waals surface area contributed by atoms with Gasteiger partial charge in [-0.1, -0.05) is 42.3 Å². The average Bonchev–Trinajstić information content (AvgIpc) is 3.82. The van der Waals surface area contributed by atoms with E-state index in [9.17, 15) is 35.2 Å². The molecule has 1 saturated carbocycles. The number of methoxy groups -OCH3 is 1. The van der Waals surface area contributed by atoms with Crippen LogP contribution in [0.4, 0.5) is 16.2 Å². The highest BCUT2D eigenvalue weighted by Crippen LogP contribution is 2.62. The number of hydrogen-bond acceptors (Lipinski definition) is 15. The number of amides is 1. The monoisotopic (exact) mass is 934 g/mol. The standard InChI is InChI=1S/C50H54N4O14/c1-3-23-65-50-46(52(49(57)62-2)29-33-15-19-44-45(24-33)64-31-63-44)28-42(51-66-30-32-13-16-35(17-14-32)53(58)59)40-25-34(9-4-6-21-55)39(12-5-7-22-56)47(48(40)50)41-27-38(18-20-43(41)68-50)67-37-11-8-10-36(26-37)54(60)61/h3,8,10-11,13-20,24-27,34,39,46-48,55-56H,1,4-7,9,12,21-23,28-31H2,2H3/t34-,39+,46-,47+,48+,50+/m0/s1. The van der Waals surface area contributed by atoms with Crippen molar-refractivity contribution in [1.82, 2.24) is 4.90 Å². The molecule has 18 heteroatoms. The molecule has 0 bridgehead atoms. The number of carbonyl (C=O) groups excluding carboxylic acids is 1. The Morgan fingerprint density at radius 2 is 1.60 bits per heavy atom. The Balaban J connectivity index is 1.32. The molecule has 4 aromatic rings. The smallest absolute Gasteiger partial charge is 0.410 e. The normalized spacial score (nSPS) is 22.5. The third-order valence-electron chi connectivity index (χ3n) is 13.0. The van der Waals surface area contributed by atoms with E-state index < -0.39 is 39.6 Å². The zero-order valence-electron chi connectivity index (χ0n) is 37.6.